The number of hydrogen-bond acceptors (Lipinski definition) is 5. The standard InChI is InChI=1S/C19H28N6O2S/c1-4-14-9-13(12-28(26,27)24(5-2)6-3)10-15(14)19-23-22-17-11-21-18-16(25(17)19)7-8-20-18/h7-8,11,13-15,20H,4-6,9-10,12H2,1-3H3/t13-,14+,15-/m1/s1. The van der Waals surface area contributed by atoms with Crippen molar-refractivity contribution in [3.63, 3.8) is 0 Å². The molecule has 152 valence electrons. The molecule has 1 aliphatic carbocycles. The first kappa shape index (κ1) is 19.3. The van der Waals surface area contributed by atoms with Gasteiger partial charge >= 0.3 is 0 Å². The van der Waals surface area contributed by atoms with Crippen LogP contribution in [0.5, 0.6) is 0 Å². The molecule has 1 N–H and O–H groups in total. The van der Waals surface area contributed by atoms with E-state index in [4.69, 9.17) is 0 Å². The van der Waals surface area contributed by atoms with Gasteiger partial charge in [0.05, 0.1) is 17.5 Å². The number of rotatable bonds is 7. The number of sulfonamides is 1. The minimum Gasteiger partial charge on any atom is -0.345 e. The Balaban J connectivity index is 1.66. The maximum absolute atomic E-state index is 12.8. The zero-order chi connectivity index (χ0) is 19.9. The lowest BCUT2D eigenvalue weighted by Gasteiger charge is -2.20. The molecule has 0 spiro atoms. The maximum Gasteiger partial charge on any atom is 0.214 e. The molecule has 1 aliphatic rings. The van der Waals surface area contributed by atoms with Gasteiger partial charge in [0, 0.05) is 25.2 Å². The average Bonchev–Trinajstić information content (AvgIpc) is 3.38. The Morgan fingerprint density at radius 2 is 2.00 bits per heavy atom. The maximum atomic E-state index is 12.8. The Morgan fingerprint density at radius 1 is 1.21 bits per heavy atom. The van der Waals surface area contributed by atoms with Crippen LogP contribution in [0.1, 0.15) is 51.8 Å². The SMILES string of the molecule is CC[C@H]1C[C@@H](CS(=O)(=O)N(CC)CC)C[C@H]1c1nnc2cnc3[nH]ccc3n12. The molecule has 3 aromatic rings. The number of nitrogens with one attached hydrogen (secondary N) is 1. The molecule has 0 radical (unpaired) electrons. The molecular formula is C19H28N6O2S. The molecule has 28 heavy (non-hydrogen) atoms. The summed E-state index contributed by atoms with van der Waals surface area (Å²) in [5.41, 5.74) is 2.50. The van der Waals surface area contributed by atoms with E-state index in [9.17, 15) is 8.42 Å². The van der Waals surface area contributed by atoms with Crippen LogP contribution in [0, 0.1) is 11.8 Å². The second-order valence-electron chi connectivity index (χ2n) is 7.70. The molecule has 0 aromatic carbocycles. The van der Waals surface area contributed by atoms with Crippen molar-refractivity contribution in [2.75, 3.05) is 18.8 Å². The second kappa shape index (κ2) is 7.44. The topological polar surface area (TPSA) is 96.2 Å². The van der Waals surface area contributed by atoms with Gasteiger partial charge in [-0.3, -0.25) is 4.40 Å². The van der Waals surface area contributed by atoms with Gasteiger partial charge in [-0.05, 0) is 30.7 Å². The van der Waals surface area contributed by atoms with E-state index in [0.29, 0.717) is 19.0 Å². The summed E-state index contributed by atoms with van der Waals surface area (Å²) < 4.78 is 29.2. The predicted molar refractivity (Wildman–Crippen MR) is 109 cm³/mol. The highest BCUT2D eigenvalue weighted by atomic mass is 32.2. The Kier molecular flexibility index (Phi) is 5.13. The summed E-state index contributed by atoms with van der Waals surface area (Å²) >= 11 is 0. The zero-order valence-electron chi connectivity index (χ0n) is 16.7. The fourth-order valence-corrected chi connectivity index (χ4v) is 6.67. The quantitative estimate of drug-likeness (QED) is 0.653. The Labute approximate surface area is 165 Å². The van der Waals surface area contributed by atoms with Crippen molar-refractivity contribution in [3.8, 4) is 0 Å². The summed E-state index contributed by atoms with van der Waals surface area (Å²) in [6.45, 7) is 7.02. The third kappa shape index (κ3) is 3.20. The van der Waals surface area contributed by atoms with E-state index in [1.165, 1.54) is 0 Å². The normalized spacial score (nSPS) is 23.4. The van der Waals surface area contributed by atoms with Crippen LogP contribution >= 0.6 is 0 Å². The molecule has 1 saturated carbocycles. The molecule has 0 aliphatic heterocycles. The van der Waals surface area contributed by atoms with E-state index >= 15 is 0 Å². The van der Waals surface area contributed by atoms with E-state index in [2.05, 4.69) is 31.5 Å². The van der Waals surface area contributed by atoms with Crippen molar-refractivity contribution in [3.05, 3.63) is 24.3 Å². The summed E-state index contributed by atoms with van der Waals surface area (Å²) in [6.07, 6.45) is 6.34. The molecule has 3 atom stereocenters. The lowest BCUT2D eigenvalue weighted by Crippen LogP contribution is -2.34. The van der Waals surface area contributed by atoms with Gasteiger partial charge in [0.15, 0.2) is 11.3 Å². The van der Waals surface area contributed by atoms with Crippen molar-refractivity contribution in [2.24, 2.45) is 11.8 Å². The molecule has 1 fully saturated rings. The monoisotopic (exact) mass is 404 g/mol. The summed E-state index contributed by atoms with van der Waals surface area (Å²) in [6, 6.07) is 1.99. The lowest BCUT2D eigenvalue weighted by molar-refractivity contribution is 0.429. The highest BCUT2D eigenvalue weighted by Gasteiger charge is 2.39. The van der Waals surface area contributed by atoms with Crippen molar-refractivity contribution in [1.29, 1.82) is 0 Å². The van der Waals surface area contributed by atoms with Gasteiger partial charge in [-0.15, -0.1) is 10.2 Å². The fourth-order valence-electron chi connectivity index (χ4n) is 4.80. The first-order valence-electron chi connectivity index (χ1n) is 10.1. The minimum absolute atomic E-state index is 0.149. The first-order chi connectivity index (χ1) is 13.5. The lowest BCUT2D eigenvalue weighted by atomic mass is 9.93. The van der Waals surface area contributed by atoms with E-state index in [-0.39, 0.29) is 17.6 Å². The van der Waals surface area contributed by atoms with E-state index in [1.807, 2.05) is 26.1 Å². The number of aromatic nitrogens is 5. The number of nitrogens with zero attached hydrogens (tertiary/aromatic N) is 5. The van der Waals surface area contributed by atoms with Crippen LogP contribution in [0.3, 0.4) is 0 Å². The van der Waals surface area contributed by atoms with Gasteiger partial charge in [0.2, 0.25) is 10.0 Å². The first-order valence-corrected chi connectivity index (χ1v) is 11.7. The average molecular weight is 405 g/mol. The molecule has 4 rings (SSSR count). The second-order valence-corrected chi connectivity index (χ2v) is 9.71. The third-order valence-electron chi connectivity index (χ3n) is 6.16. The number of H-pyrrole nitrogens is 1. The zero-order valence-corrected chi connectivity index (χ0v) is 17.5. The minimum atomic E-state index is -3.22. The molecule has 0 bridgehead atoms. The fraction of sp³-hybridized carbons (Fsp3) is 0.632. The van der Waals surface area contributed by atoms with Crippen molar-refractivity contribution >= 4 is 26.8 Å². The van der Waals surface area contributed by atoms with Crippen molar-refractivity contribution < 1.29 is 8.42 Å². The molecule has 3 aromatic heterocycles. The van der Waals surface area contributed by atoms with Gasteiger partial charge in [-0.1, -0.05) is 27.2 Å². The summed E-state index contributed by atoms with van der Waals surface area (Å²) in [5.74, 6) is 1.91. The van der Waals surface area contributed by atoms with Gasteiger partial charge < -0.3 is 4.98 Å². The van der Waals surface area contributed by atoms with Crippen molar-refractivity contribution in [2.45, 2.75) is 46.0 Å². The van der Waals surface area contributed by atoms with Crippen molar-refractivity contribution in [1.82, 2.24) is 28.9 Å². The number of aromatic amines is 1. The third-order valence-corrected chi connectivity index (χ3v) is 8.36. The summed E-state index contributed by atoms with van der Waals surface area (Å²) in [7, 11) is -3.22. The molecule has 0 amide bonds. The van der Waals surface area contributed by atoms with E-state index in [0.717, 1.165) is 41.9 Å². The van der Waals surface area contributed by atoms with Crippen LogP contribution in [0.2, 0.25) is 0 Å². The van der Waals surface area contributed by atoms with Gasteiger partial charge in [0.1, 0.15) is 5.82 Å². The Morgan fingerprint density at radius 3 is 2.71 bits per heavy atom. The Hall–Kier alpha value is -2.00. The van der Waals surface area contributed by atoms with Crippen LogP contribution in [0.25, 0.3) is 16.8 Å². The van der Waals surface area contributed by atoms with Gasteiger partial charge in [-0.25, -0.2) is 17.7 Å². The van der Waals surface area contributed by atoms with Crippen LogP contribution in [0.15, 0.2) is 18.5 Å². The molecular weight excluding hydrogens is 376 g/mol. The van der Waals surface area contributed by atoms with Crippen LogP contribution in [-0.4, -0.2) is 56.1 Å². The summed E-state index contributed by atoms with van der Waals surface area (Å²) in [4.78, 5) is 7.52. The Bertz CT molecular complexity index is 1070. The predicted octanol–water partition coefficient (Wildman–Crippen LogP) is 2.80. The largest absolute Gasteiger partial charge is 0.345 e. The number of hydrogen-bond donors (Lipinski definition) is 1. The molecule has 3 heterocycles. The molecule has 8 nitrogen and oxygen atoms in total. The van der Waals surface area contributed by atoms with Crippen LogP contribution in [-0.2, 0) is 10.0 Å². The van der Waals surface area contributed by atoms with Crippen LogP contribution in [0.4, 0.5) is 0 Å². The molecule has 0 unspecified atom stereocenters. The molecule has 0 saturated heterocycles. The van der Waals surface area contributed by atoms with E-state index < -0.39 is 10.0 Å². The highest BCUT2D eigenvalue weighted by Crippen LogP contribution is 2.45. The van der Waals surface area contributed by atoms with E-state index in [1.54, 1.807) is 10.5 Å². The van der Waals surface area contributed by atoms with Gasteiger partial charge in [0.25, 0.3) is 0 Å². The highest BCUT2D eigenvalue weighted by molar-refractivity contribution is 7.89. The van der Waals surface area contributed by atoms with Gasteiger partial charge in [-0.2, -0.15) is 0 Å². The smallest absolute Gasteiger partial charge is 0.214 e. The molecule has 9 heteroatoms. The number of fused-ring (bicyclic) bond motifs is 3. The van der Waals surface area contributed by atoms with Crippen LogP contribution < -0.4 is 0 Å². The summed E-state index contributed by atoms with van der Waals surface area (Å²) in [5, 5.41) is 8.83.